The van der Waals surface area contributed by atoms with E-state index in [1.165, 1.54) is 24.5 Å². The lowest BCUT2D eigenvalue weighted by molar-refractivity contribution is -0.118. The normalized spacial score (nSPS) is 10.8. The third-order valence-electron chi connectivity index (χ3n) is 3.47. The summed E-state index contributed by atoms with van der Waals surface area (Å²) in [6.07, 6.45) is 1.41. The lowest BCUT2D eigenvalue weighted by Gasteiger charge is -2.08. The Hall–Kier alpha value is -2.25. The summed E-state index contributed by atoms with van der Waals surface area (Å²) in [5.74, 6) is -0.569. The highest BCUT2D eigenvalue weighted by Gasteiger charge is 2.14. The van der Waals surface area contributed by atoms with E-state index in [0.29, 0.717) is 11.6 Å². The van der Waals surface area contributed by atoms with E-state index in [1.54, 1.807) is 11.3 Å². The van der Waals surface area contributed by atoms with Crippen molar-refractivity contribution in [1.82, 2.24) is 9.97 Å². The third-order valence-corrected chi connectivity index (χ3v) is 4.88. The molecule has 5 nitrogen and oxygen atoms in total. The minimum absolute atomic E-state index is 0.0596. The van der Waals surface area contributed by atoms with Crippen LogP contribution in [0.25, 0.3) is 10.2 Å². The van der Waals surface area contributed by atoms with Gasteiger partial charge in [-0.25, -0.2) is 14.4 Å². The van der Waals surface area contributed by atoms with Crippen molar-refractivity contribution >= 4 is 44.7 Å². The third kappa shape index (κ3) is 3.32. The van der Waals surface area contributed by atoms with E-state index >= 15 is 0 Å². The molecule has 0 spiro atoms. The first-order valence-electron chi connectivity index (χ1n) is 7.04. The standard InChI is InChI=1S/C16H13ClFN3O2S/c1-8-9(2)24-16-14(8)15(19-7-20-16)23-6-13(22)21-10-3-4-12(18)11(17)5-10/h3-5,7H,6H2,1-2H3,(H,21,22). The summed E-state index contributed by atoms with van der Waals surface area (Å²) < 4.78 is 18.6. The van der Waals surface area contributed by atoms with Crippen molar-refractivity contribution in [2.24, 2.45) is 0 Å². The smallest absolute Gasteiger partial charge is 0.262 e. The number of fused-ring (bicyclic) bond motifs is 1. The Balaban J connectivity index is 1.71. The summed E-state index contributed by atoms with van der Waals surface area (Å²) in [6.45, 7) is 3.73. The fraction of sp³-hybridized carbons (Fsp3) is 0.188. The van der Waals surface area contributed by atoms with E-state index in [0.717, 1.165) is 20.7 Å². The number of carbonyl (C=O) groups is 1. The number of hydrogen-bond acceptors (Lipinski definition) is 5. The molecule has 0 aliphatic heterocycles. The summed E-state index contributed by atoms with van der Waals surface area (Å²) in [5, 5.41) is 3.35. The maximum atomic E-state index is 13.1. The summed E-state index contributed by atoms with van der Waals surface area (Å²) in [7, 11) is 0. The Labute approximate surface area is 146 Å². The first-order valence-corrected chi connectivity index (χ1v) is 8.23. The first-order chi connectivity index (χ1) is 11.5. The molecule has 1 amide bonds. The molecule has 3 rings (SSSR count). The van der Waals surface area contributed by atoms with Crippen LogP contribution in [0, 0.1) is 19.7 Å². The maximum absolute atomic E-state index is 13.1. The first kappa shape index (κ1) is 16.6. The van der Waals surface area contributed by atoms with Crippen LogP contribution in [-0.4, -0.2) is 22.5 Å². The maximum Gasteiger partial charge on any atom is 0.262 e. The van der Waals surface area contributed by atoms with Crippen LogP contribution < -0.4 is 10.1 Å². The number of hydrogen-bond donors (Lipinski definition) is 1. The highest BCUT2D eigenvalue weighted by atomic mass is 35.5. The van der Waals surface area contributed by atoms with E-state index in [4.69, 9.17) is 16.3 Å². The van der Waals surface area contributed by atoms with Crippen LogP contribution in [-0.2, 0) is 4.79 Å². The molecule has 0 radical (unpaired) electrons. The van der Waals surface area contributed by atoms with E-state index in [-0.39, 0.29) is 11.6 Å². The van der Waals surface area contributed by atoms with Crippen molar-refractivity contribution in [3.05, 3.63) is 45.8 Å². The minimum atomic E-state index is -0.544. The number of ether oxygens (including phenoxy) is 1. The van der Waals surface area contributed by atoms with Crippen molar-refractivity contribution in [3.63, 3.8) is 0 Å². The second kappa shape index (κ2) is 6.70. The zero-order valence-corrected chi connectivity index (χ0v) is 14.5. The van der Waals surface area contributed by atoms with Crippen LogP contribution in [0.1, 0.15) is 10.4 Å². The Morgan fingerprint density at radius 2 is 2.17 bits per heavy atom. The molecule has 0 atom stereocenters. The van der Waals surface area contributed by atoms with Crippen LogP contribution in [0.4, 0.5) is 10.1 Å². The predicted molar refractivity (Wildman–Crippen MR) is 92.4 cm³/mol. The van der Waals surface area contributed by atoms with Gasteiger partial charge in [0.2, 0.25) is 5.88 Å². The molecule has 0 aliphatic carbocycles. The van der Waals surface area contributed by atoms with Crippen LogP contribution in [0.2, 0.25) is 5.02 Å². The van der Waals surface area contributed by atoms with Gasteiger partial charge in [0.1, 0.15) is 17.0 Å². The predicted octanol–water partition coefficient (Wildman–Crippen LogP) is 4.12. The Morgan fingerprint density at radius 3 is 2.92 bits per heavy atom. The molecule has 1 aromatic carbocycles. The quantitative estimate of drug-likeness (QED) is 0.755. The van der Waals surface area contributed by atoms with Gasteiger partial charge in [-0.1, -0.05) is 11.6 Å². The molecule has 124 valence electrons. The SMILES string of the molecule is Cc1sc2ncnc(OCC(=O)Nc3ccc(F)c(Cl)c3)c2c1C. The largest absolute Gasteiger partial charge is 0.467 e. The molecular formula is C16H13ClFN3O2S. The van der Waals surface area contributed by atoms with E-state index in [2.05, 4.69) is 15.3 Å². The molecular weight excluding hydrogens is 353 g/mol. The summed E-state index contributed by atoms with van der Waals surface area (Å²) in [6, 6.07) is 3.95. The molecule has 0 saturated heterocycles. The monoisotopic (exact) mass is 365 g/mol. The van der Waals surface area contributed by atoms with Crippen molar-refractivity contribution in [2.75, 3.05) is 11.9 Å². The number of aromatic nitrogens is 2. The number of halogens is 2. The van der Waals surface area contributed by atoms with Gasteiger partial charge in [-0.2, -0.15) is 0 Å². The summed E-state index contributed by atoms with van der Waals surface area (Å²) in [4.78, 5) is 22.3. The Morgan fingerprint density at radius 1 is 1.38 bits per heavy atom. The van der Waals surface area contributed by atoms with Crippen molar-refractivity contribution in [2.45, 2.75) is 13.8 Å². The summed E-state index contributed by atoms with van der Waals surface area (Å²) in [5.41, 5.74) is 1.43. The minimum Gasteiger partial charge on any atom is -0.467 e. The lowest BCUT2D eigenvalue weighted by atomic mass is 10.2. The highest BCUT2D eigenvalue weighted by molar-refractivity contribution is 7.18. The van der Waals surface area contributed by atoms with Gasteiger partial charge in [-0.3, -0.25) is 4.79 Å². The molecule has 8 heteroatoms. The number of aryl methyl sites for hydroxylation is 2. The van der Waals surface area contributed by atoms with Crippen LogP contribution in [0.5, 0.6) is 5.88 Å². The number of rotatable bonds is 4. The number of carbonyl (C=O) groups excluding carboxylic acids is 1. The molecule has 0 aliphatic rings. The van der Waals surface area contributed by atoms with E-state index in [9.17, 15) is 9.18 Å². The van der Waals surface area contributed by atoms with E-state index in [1.807, 2.05) is 13.8 Å². The Bertz CT molecular complexity index is 929. The average molecular weight is 366 g/mol. The van der Waals surface area contributed by atoms with Gasteiger partial charge in [0.05, 0.1) is 10.4 Å². The molecule has 2 aromatic heterocycles. The number of anilines is 1. The topological polar surface area (TPSA) is 64.1 Å². The molecule has 0 bridgehead atoms. The number of nitrogens with zero attached hydrogens (tertiary/aromatic N) is 2. The zero-order valence-electron chi connectivity index (χ0n) is 12.9. The number of benzene rings is 1. The average Bonchev–Trinajstić information content (AvgIpc) is 2.84. The van der Waals surface area contributed by atoms with E-state index < -0.39 is 11.7 Å². The molecule has 3 aromatic rings. The second-order valence-electron chi connectivity index (χ2n) is 5.11. The van der Waals surface area contributed by atoms with Crippen molar-refractivity contribution < 1.29 is 13.9 Å². The zero-order chi connectivity index (χ0) is 17.3. The van der Waals surface area contributed by atoms with Gasteiger partial charge < -0.3 is 10.1 Å². The van der Waals surface area contributed by atoms with Gasteiger partial charge in [0, 0.05) is 10.6 Å². The van der Waals surface area contributed by atoms with Gasteiger partial charge >= 0.3 is 0 Å². The second-order valence-corrected chi connectivity index (χ2v) is 6.72. The fourth-order valence-corrected chi connectivity index (χ4v) is 3.33. The van der Waals surface area contributed by atoms with Crippen LogP contribution >= 0.6 is 22.9 Å². The van der Waals surface area contributed by atoms with Crippen molar-refractivity contribution in [3.8, 4) is 5.88 Å². The molecule has 0 saturated carbocycles. The molecule has 0 fully saturated rings. The molecule has 2 heterocycles. The molecule has 1 N–H and O–H groups in total. The van der Waals surface area contributed by atoms with Gasteiger partial charge in [-0.15, -0.1) is 11.3 Å². The lowest BCUT2D eigenvalue weighted by Crippen LogP contribution is -2.20. The van der Waals surface area contributed by atoms with Crippen LogP contribution in [0.15, 0.2) is 24.5 Å². The van der Waals surface area contributed by atoms with Gasteiger partial charge in [0.25, 0.3) is 5.91 Å². The summed E-state index contributed by atoms with van der Waals surface area (Å²) >= 11 is 7.23. The highest BCUT2D eigenvalue weighted by Crippen LogP contribution is 2.33. The Kier molecular flexibility index (Phi) is 4.64. The van der Waals surface area contributed by atoms with Crippen molar-refractivity contribution in [1.29, 1.82) is 0 Å². The molecule has 24 heavy (non-hydrogen) atoms. The van der Waals surface area contributed by atoms with Crippen LogP contribution in [0.3, 0.4) is 0 Å². The number of nitrogens with one attached hydrogen (secondary N) is 1. The molecule has 0 unspecified atom stereocenters. The van der Waals surface area contributed by atoms with Gasteiger partial charge in [-0.05, 0) is 37.6 Å². The number of thiophene rings is 1. The van der Waals surface area contributed by atoms with Gasteiger partial charge in [0.15, 0.2) is 6.61 Å². The fourth-order valence-electron chi connectivity index (χ4n) is 2.16. The number of amides is 1.